The third kappa shape index (κ3) is 6.28. The van der Waals surface area contributed by atoms with Crippen LogP contribution >= 0.6 is 0 Å². The van der Waals surface area contributed by atoms with Crippen molar-refractivity contribution in [3.63, 3.8) is 0 Å². The molecule has 1 fully saturated rings. The molecule has 0 unspecified atom stereocenters. The standard InChI is InChI=1S/C19H40N2/c1-6-18(7-2)21(14-17(3)4)16-19(15-20-5)12-10-8-9-11-13-19/h17-18,20H,6-16H2,1-5H3. The summed E-state index contributed by atoms with van der Waals surface area (Å²) in [5.74, 6) is 0.767. The van der Waals surface area contributed by atoms with Crippen LogP contribution in [0.3, 0.4) is 0 Å². The van der Waals surface area contributed by atoms with Crippen molar-refractivity contribution in [3.8, 4) is 0 Å². The van der Waals surface area contributed by atoms with E-state index in [9.17, 15) is 0 Å². The molecule has 0 aliphatic heterocycles. The van der Waals surface area contributed by atoms with E-state index in [1.54, 1.807) is 0 Å². The second-order valence-corrected chi connectivity index (χ2v) is 7.74. The molecule has 1 N–H and O–H groups in total. The van der Waals surface area contributed by atoms with E-state index < -0.39 is 0 Å². The first-order chi connectivity index (χ1) is 10.1. The largest absolute Gasteiger partial charge is 0.319 e. The first kappa shape index (κ1) is 19.0. The molecule has 0 aromatic heterocycles. The van der Waals surface area contributed by atoms with Crippen LogP contribution in [-0.4, -0.2) is 37.6 Å². The summed E-state index contributed by atoms with van der Waals surface area (Å²) in [5.41, 5.74) is 0.517. The SMILES string of the molecule is CCC(CC)N(CC(C)C)CC1(CNC)CCCCCC1. The lowest BCUT2D eigenvalue weighted by atomic mass is 9.79. The summed E-state index contributed by atoms with van der Waals surface area (Å²) < 4.78 is 0. The van der Waals surface area contributed by atoms with Crippen molar-refractivity contribution < 1.29 is 0 Å². The van der Waals surface area contributed by atoms with Crippen LogP contribution in [0.25, 0.3) is 0 Å². The summed E-state index contributed by atoms with van der Waals surface area (Å²) >= 11 is 0. The monoisotopic (exact) mass is 296 g/mol. The number of hydrogen-bond acceptors (Lipinski definition) is 2. The van der Waals surface area contributed by atoms with Crippen LogP contribution < -0.4 is 5.32 Å². The van der Waals surface area contributed by atoms with E-state index in [1.165, 1.54) is 71.0 Å². The maximum Gasteiger partial charge on any atom is 0.00903 e. The van der Waals surface area contributed by atoms with Gasteiger partial charge in [-0.15, -0.1) is 0 Å². The summed E-state index contributed by atoms with van der Waals surface area (Å²) in [6, 6.07) is 0.768. The van der Waals surface area contributed by atoms with Crippen LogP contribution in [0.1, 0.15) is 79.1 Å². The van der Waals surface area contributed by atoms with E-state index >= 15 is 0 Å². The fourth-order valence-electron chi connectivity index (χ4n) is 4.29. The van der Waals surface area contributed by atoms with Gasteiger partial charge in [-0.1, -0.05) is 53.4 Å². The van der Waals surface area contributed by atoms with Gasteiger partial charge >= 0.3 is 0 Å². The molecule has 0 spiro atoms. The molecule has 0 aromatic carbocycles. The van der Waals surface area contributed by atoms with Crippen molar-refractivity contribution in [3.05, 3.63) is 0 Å². The van der Waals surface area contributed by atoms with E-state index in [0.717, 1.165) is 12.0 Å². The van der Waals surface area contributed by atoms with Crippen molar-refractivity contribution in [2.45, 2.75) is 85.1 Å². The second-order valence-electron chi connectivity index (χ2n) is 7.74. The maximum atomic E-state index is 3.51. The predicted octanol–water partition coefficient (Wildman–Crippen LogP) is 4.69. The first-order valence-corrected chi connectivity index (χ1v) is 9.45. The van der Waals surface area contributed by atoms with Gasteiger partial charge < -0.3 is 5.32 Å². The van der Waals surface area contributed by atoms with Gasteiger partial charge in [0.1, 0.15) is 0 Å². The van der Waals surface area contributed by atoms with Crippen LogP contribution in [0.2, 0.25) is 0 Å². The molecule has 1 aliphatic carbocycles. The van der Waals surface area contributed by atoms with Crippen LogP contribution in [-0.2, 0) is 0 Å². The Kier molecular flexibility index (Phi) is 8.89. The topological polar surface area (TPSA) is 15.3 Å². The fraction of sp³-hybridized carbons (Fsp3) is 1.00. The Labute approximate surface area is 134 Å². The Balaban J connectivity index is 2.83. The minimum Gasteiger partial charge on any atom is -0.319 e. The average molecular weight is 297 g/mol. The molecule has 0 amide bonds. The normalized spacial score (nSPS) is 19.4. The lowest BCUT2D eigenvalue weighted by molar-refractivity contribution is 0.0792. The van der Waals surface area contributed by atoms with Gasteiger partial charge in [-0.3, -0.25) is 4.90 Å². The van der Waals surface area contributed by atoms with E-state index in [-0.39, 0.29) is 0 Å². The van der Waals surface area contributed by atoms with Crippen LogP contribution in [0.4, 0.5) is 0 Å². The number of rotatable bonds is 9. The maximum absolute atomic E-state index is 3.51. The van der Waals surface area contributed by atoms with Crippen LogP contribution in [0.5, 0.6) is 0 Å². The Morgan fingerprint density at radius 2 is 1.57 bits per heavy atom. The van der Waals surface area contributed by atoms with Crippen molar-refractivity contribution in [2.75, 3.05) is 26.7 Å². The zero-order valence-electron chi connectivity index (χ0n) is 15.4. The second kappa shape index (κ2) is 9.84. The highest BCUT2D eigenvalue weighted by Gasteiger charge is 2.34. The molecule has 2 nitrogen and oxygen atoms in total. The van der Waals surface area contributed by atoms with Crippen molar-refractivity contribution >= 4 is 0 Å². The Morgan fingerprint density at radius 3 is 2.00 bits per heavy atom. The summed E-state index contributed by atoms with van der Waals surface area (Å²) in [7, 11) is 2.14. The zero-order valence-corrected chi connectivity index (χ0v) is 15.4. The smallest absolute Gasteiger partial charge is 0.00903 e. The third-order valence-electron chi connectivity index (χ3n) is 5.31. The van der Waals surface area contributed by atoms with Gasteiger partial charge in [0.05, 0.1) is 0 Å². The van der Waals surface area contributed by atoms with Gasteiger partial charge in [0, 0.05) is 25.7 Å². The summed E-state index contributed by atoms with van der Waals surface area (Å²) in [5, 5.41) is 3.51. The van der Waals surface area contributed by atoms with E-state index in [2.05, 4.69) is 45.0 Å². The molecule has 0 radical (unpaired) electrons. The van der Waals surface area contributed by atoms with Gasteiger partial charge in [-0.25, -0.2) is 0 Å². The fourth-order valence-corrected chi connectivity index (χ4v) is 4.29. The highest BCUT2D eigenvalue weighted by atomic mass is 15.2. The molecule has 0 aromatic rings. The molecular weight excluding hydrogens is 256 g/mol. The molecular formula is C19H40N2. The lowest BCUT2D eigenvalue weighted by Crippen LogP contribution is -2.48. The Hall–Kier alpha value is -0.0800. The zero-order chi connectivity index (χ0) is 15.7. The van der Waals surface area contributed by atoms with Crippen LogP contribution in [0, 0.1) is 11.3 Å². The summed E-state index contributed by atoms with van der Waals surface area (Å²) in [4.78, 5) is 2.83. The van der Waals surface area contributed by atoms with Gasteiger partial charge in [0.25, 0.3) is 0 Å². The van der Waals surface area contributed by atoms with Crippen molar-refractivity contribution in [1.82, 2.24) is 10.2 Å². The lowest BCUT2D eigenvalue weighted by Gasteiger charge is -2.42. The van der Waals surface area contributed by atoms with Crippen LogP contribution in [0.15, 0.2) is 0 Å². The number of hydrogen-bond donors (Lipinski definition) is 1. The average Bonchev–Trinajstić information content (AvgIpc) is 2.65. The first-order valence-electron chi connectivity index (χ1n) is 9.45. The molecule has 126 valence electrons. The van der Waals surface area contributed by atoms with Crippen molar-refractivity contribution in [2.24, 2.45) is 11.3 Å². The minimum absolute atomic E-state index is 0.517. The quantitative estimate of drug-likeness (QED) is 0.621. The van der Waals surface area contributed by atoms with Gasteiger partial charge in [0.15, 0.2) is 0 Å². The highest BCUT2D eigenvalue weighted by molar-refractivity contribution is 4.88. The van der Waals surface area contributed by atoms with E-state index in [1.807, 2.05) is 0 Å². The van der Waals surface area contributed by atoms with Gasteiger partial charge in [-0.05, 0) is 44.1 Å². The highest BCUT2D eigenvalue weighted by Crippen LogP contribution is 2.36. The summed E-state index contributed by atoms with van der Waals surface area (Å²) in [6.07, 6.45) is 11.2. The summed E-state index contributed by atoms with van der Waals surface area (Å²) in [6.45, 7) is 13.2. The molecule has 1 saturated carbocycles. The molecule has 0 heterocycles. The molecule has 0 bridgehead atoms. The molecule has 1 rings (SSSR count). The van der Waals surface area contributed by atoms with Crippen molar-refractivity contribution in [1.29, 1.82) is 0 Å². The van der Waals surface area contributed by atoms with E-state index in [4.69, 9.17) is 0 Å². The molecule has 0 saturated heterocycles. The van der Waals surface area contributed by atoms with Gasteiger partial charge in [0.2, 0.25) is 0 Å². The molecule has 21 heavy (non-hydrogen) atoms. The molecule has 2 heteroatoms. The minimum atomic E-state index is 0.517. The van der Waals surface area contributed by atoms with Gasteiger partial charge in [-0.2, -0.15) is 0 Å². The molecule has 0 atom stereocenters. The molecule has 1 aliphatic rings. The number of nitrogens with one attached hydrogen (secondary N) is 1. The Bertz CT molecular complexity index is 250. The Morgan fingerprint density at radius 1 is 1.00 bits per heavy atom. The third-order valence-corrected chi connectivity index (χ3v) is 5.31. The predicted molar refractivity (Wildman–Crippen MR) is 94.8 cm³/mol. The number of nitrogens with zero attached hydrogens (tertiary/aromatic N) is 1. The van der Waals surface area contributed by atoms with E-state index in [0.29, 0.717) is 5.41 Å².